The zero-order valence-corrected chi connectivity index (χ0v) is 12.4. The van der Waals surface area contributed by atoms with Crippen LogP contribution in [0.5, 0.6) is 5.75 Å². The molecule has 1 aromatic heterocycles. The van der Waals surface area contributed by atoms with Crippen molar-refractivity contribution in [3.8, 4) is 5.75 Å². The maximum Gasteiger partial charge on any atom is 0.253 e. The van der Waals surface area contributed by atoms with Crippen LogP contribution in [0.15, 0.2) is 30.3 Å². The predicted octanol–water partition coefficient (Wildman–Crippen LogP) is 2.83. The number of nitrogens with two attached hydrogens (primary N) is 1. The van der Waals surface area contributed by atoms with Gasteiger partial charge in [0, 0.05) is 21.5 Å². The number of carbonyl (C=O) groups excluding carboxylic acids is 1. The van der Waals surface area contributed by atoms with Gasteiger partial charge < -0.3 is 15.8 Å². The van der Waals surface area contributed by atoms with Gasteiger partial charge in [-0.1, -0.05) is 6.92 Å². The molecule has 0 bridgehead atoms. The number of hydrogen-bond donors (Lipinski definition) is 2. The molecule has 1 amide bonds. The molecule has 0 atom stereocenters. The van der Waals surface area contributed by atoms with E-state index < -0.39 is 0 Å². The molecular formula is C15H18N2O2S. The number of thiophene rings is 1. The van der Waals surface area contributed by atoms with E-state index in [1.807, 2.05) is 6.07 Å². The Balaban J connectivity index is 2.01. The van der Waals surface area contributed by atoms with Gasteiger partial charge >= 0.3 is 0 Å². The van der Waals surface area contributed by atoms with E-state index >= 15 is 0 Å². The molecule has 1 heterocycles. The van der Waals surface area contributed by atoms with Crippen LogP contribution in [0, 0.1) is 0 Å². The maximum atomic E-state index is 12.1. The van der Waals surface area contributed by atoms with Gasteiger partial charge in [0.1, 0.15) is 5.75 Å². The number of methoxy groups -OCH3 is 1. The first kappa shape index (κ1) is 14.4. The van der Waals surface area contributed by atoms with E-state index in [1.54, 1.807) is 36.6 Å². The summed E-state index contributed by atoms with van der Waals surface area (Å²) in [7, 11) is 1.57. The van der Waals surface area contributed by atoms with Crippen molar-refractivity contribution in [1.29, 1.82) is 0 Å². The minimum absolute atomic E-state index is 0.170. The third kappa shape index (κ3) is 3.30. The van der Waals surface area contributed by atoms with Crippen molar-refractivity contribution in [1.82, 2.24) is 5.32 Å². The number of hydrogen-bond acceptors (Lipinski definition) is 4. The average molecular weight is 290 g/mol. The lowest BCUT2D eigenvalue weighted by Crippen LogP contribution is -2.23. The number of amides is 1. The number of benzene rings is 1. The molecule has 0 radical (unpaired) electrons. The summed E-state index contributed by atoms with van der Waals surface area (Å²) in [5.74, 6) is 0.474. The predicted molar refractivity (Wildman–Crippen MR) is 82.3 cm³/mol. The molecule has 0 spiro atoms. The van der Waals surface area contributed by atoms with Crippen molar-refractivity contribution in [3.05, 3.63) is 45.6 Å². The Labute approximate surface area is 122 Å². The zero-order valence-electron chi connectivity index (χ0n) is 11.6. The highest BCUT2D eigenvalue weighted by molar-refractivity contribution is 7.11. The Morgan fingerprint density at radius 2 is 2.05 bits per heavy atom. The van der Waals surface area contributed by atoms with E-state index in [-0.39, 0.29) is 5.91 Å². The molecule has 106 valence electrons. The van der Waals surface area contributed by atoms with Gasteiger partial charge in [-0.05, 0) is 30.7 Å². The van der Waals surface area contributed by atoms with Crippen molar-refractivity contribution in [2.75, 3.05) is 12.8 Å². The van der Waals surface area contributed by atoms with Crippen LogP contribution in [-0.4, -0.2) is 13.0 Å². The van der Waals surface area contributed by atoms with E-state index in [0.717, 1.165) is 11.3 Å². The van der Waals surface area contributed by atoms with Crippen LogP contribution < -0.4 is 15.8 Å². The molecular weight excluding hydrogens is 272 g/mol. The molecule has 0 aliphatic heterocycles. The van der Waals surface area contributed by atoms with Crippen molar-refractivity contribution < 1.29 is 9.53 Å². The van der Waals surface area contributed by atoms with Crippen LogP contribution in [0.4, 0.5) is 5.69 Å². The first-order valence-electron chi connectivity index (χ1n) is 6.43. The minimum atomic E-state index is -0.170. The van der Waals surface area contributed by atoms with Gasteiger partial charge in [0.15, 0.2) is 0 Å². The fraction of sp³-hybridized carbons (Fsp3) is 0.267. The number of rotatable bonds is 5. The second-order valence-corrected chi connectivity index (χ2v) is 5.61. The summed E-state index contributed by atoms with van der Waals surface area (Å²) in [4.78, 5) is 14.5. The standard InChI is InChI=1S/C15H18N2O2S/c1-3-11-5-6-12(20-11)9-17-15(18)13-7-4-10(19-2)8-14(13)16/h4-8H,3,9,16H2,1-2H3,(H,17,18). The monoisotopic (exact) mass is 290 g/mol. The summed E-state index contributed by atoms with van der Waals surface area (Å²) in [6.07, 6.45) is 1.02. The molecule has 0 aliphatic carbocycles. The second-order valence-electron chi connectivity index (χ2n) is 4.36. The summed E-state index contributed by atoms with van der Waals surface area (Å²) >= 11 is 1.71. The molecule has 5 heteroatoms. The smallest absolute Gasteiger partial charge is 0.253 e. The first-order chi connectivity index (χ1) is 9.63. The highest BCUT2D eigenvalue weighted by atomic mass is 32.1. The number of anilines is 1. The molecule has 1 aromatic carbocycles. The maximum absolute atomic E-state index is 12.1. The molecule has 0 aliphatic rings. The Morgan fingerprint density at radius 3 is 2.65 bits per heavy atom. The van der Waals surface area contributed by atoms with Crippen molar-refractivity contribution in [2.24, 2.45) is 0 Å². The number of carbonyl (C=O) groups is 1. The van der Waals surface area contributed by atoms with E-state index in [4.69, 9.17) is 10.5 Å². The topological polar surface area (TPSA) is 64.3 Å². The van der Waals surface area contributed by atoms with Gasteiger partial charge in [-0.3, -0.25) is 4.79 Å². The molecule has 4 nitrogen and oxygen atoms in total. The normalized spacial score (nSPS) is 10.3. The van der Waals surface area contributed by atoms with Crippen molar-refractivity contribution in [2.45, 2.75) is 19.9 Å². The van der Waals surface area contributed by atoms with Gasteiger partial charge in [0.05, 0.1) is 19.2 Å². The summed E-state index contributed by atoms with van der Waals surface area (Å²) in [6.45, 7) is 2.64. The van der Waals surface area contributed by atoms with Gasteiger partial charge in [-0.15, -0.1) is 11.3 Å². The fourth-order valence-electron chi connectivity index (χ4n) is 1.84. The van der Waals surface area contributed by atoms with E-state index in [1.165, 1.54) is 4.88 Å². The Bertz CT molecular complexity index is 608. The van der Waals surface area contributed by atoms with Gasteiger partial charge in [0.25, 0.3) is 5.91 Å². The molecule has 0 unspecified atom stereocenters. The van der Waals surface area contributed by atoms with Crippen LogP contribution in [-0.2, 0) is 13.0 Å². The number of aryl methyl sites for hydroxylation is 1. The lowest BCUT2D eigenvalue weighted by Gasteiger charge is -2.08. The average Bonchev–Trinajstić information content (AvgIpc) is 2.92. The van der Waals surface area contributed by atoms with Gasteiger partial charge in [-0.25, -0.2) is 0 Å². The Hall–Kier alpha value is -2.01. The third-order valence-corrected chi connectivity index (χ3v) is 4.22. The van der Waals surface area contributed by atoms with Crippen molar-refractivity contribution >= 4 is 22.9 Å². The molecule has 2 aromatic rings. The van der Waals surface area contributed by atoms with Crippen molar-refractivity contribution in [3.63, 3.8) is 0 Å². The first-order valence-corrected chi connectivity index (χ1v) is 7.25. The van der Waals surface area contributed by atoms with E-state index in [2.05, 4.69) is 18.3 Å². The number of nitrogen functional groups attached to an aromatic ring is 1. The molecule has 0 fully saturated rings. The number of ether oxygens (including phenoxy) is 1. The summed E-state index contributed by atoms with van der Waals surface area (Å²) in [5, 5.41) is 2.88. The molecule has 0 saturated carbocycles. The third-order valence-electron chi connectivity index (χ3n) is 2.99. The molecule has 20 heavy (non-hydrogen) atoms. The van der Waals surface area contributed by atoms with Crippen LogP contribution in [0.1, 0.15) is 27.0 Å². The Morgan fingerprint density at radius 1 is 1.30 bits per heavy atom. The van der Waals surface area contributed by atoms with E-state index in [0.29, 0.717) is 23.5 Å². The van der Waals surface area contributed by atoms with Crippen LogP contribution >= 0.6 is 11.3 Å². The second kappa shape index (κ2) is 6.43. The fourth-order valence-corrected chi connectivity index (χ4v) is 2.74. The highest BCUT2D eigenvalue weighted by Gasteiger charge is 2.10. The zero-order chi connectivity index (χ0) is 14.5. The molecule has 3 N–H and O–H groups in total. The Kier molecular flexibility index (Phi) is 4.63. The summed E-state index contributed by atoms with van der Waals surface area (Å²) in [5.41, 5.74) is 6.74. The lowest BCUT2D eigenvalue weighted by molar-refractivity contribution is 0.0952. The summed E-state index contributed by atoms with van der Waals surface area (Å²) < 4.78 is 5.06. The van der Waals surface area contributed by atoms with E-state index in [9.17, 15) is 4.79 Å². The minimum Gasteiger partial charge on any atom is -0.497 e. The number of nitrogens with one attached hydrogen (secondary N) is 1. The largest absolute Gasteiger partial charge is 0.497 e. The highest BCUT2D eigenvalue weighted by Crippen LogP contribution is 2.20. The van der Waals surface area contributed by atoms with Gasteiger partial charge in [-0.2, -0.15) is 0 Å². The van der Waals surface area contributed by atoms with Crippen LogP contribution in [0.25, 0.3) is 0 Å². The van der Waals surface area contributed by atoms with Crippen LogP contribution in [0.2, 0.25) is 0 Å². The summed E-state index contributed by atoms with van der Waals surface area (Å²) in [6, 6.07) is 9.19. The lowest BCUT2D eigenvalue weighted by atomic mass is 10.1. The van der Waals surface area contributed by atoms with Crippen LogP contribution in [0.3, 0.4) is 0 Å². The van der Waals surface area contributed by atoms with Gasteiger partial charge in [0.2, 0.25) is 0 Å². The quantitative estimate of drug-likeness (QED) is 0.832. The molecule has 0 saturated heterocycles. The molecule has 2 rings (SSSR count). The SMILES string of the molecule is CCc1ccc(CNC(=O)c2ccc(OC)cc2N)s1.